The summed E-state index contributed by atoms with van der Waals surface area (Å²) in [5, 5.41) is 6.66. The van der Waals surface area contributed by atoms with Gasteiger partial charge in [0.25, 0.3) is 0 Å². The summed E-state index contributed by atoms with van der Waals surface area (Å²) in [6.07, 6.45) is 2.25. The Labute approximate surface area is 115 Å². The molecule has 17 heavy (non-hydrogen) atoms. The Morgan fingerprint density at radius 1 is 1.53 bits per heavy atom. The number of nitrogens with zero attached hydrogens (tertiary/aromatic N) is 2. The van der Waals surface area contributed by atoms with E-state index >= 15 is 0 Å². The third-order valence-electron chi connectivity index (χ3n) is 1.74. The molecule has 0 spiro atoms. The van der Waals surface area contributed by atoms with Crippen LogP contribution < -0.4 is 10.6 Å². The van der Waals surface area contributed by atoms with Crippen molar-refractivity contribution in [2.75, 3.05) is 25.6 Å². The minimum Gasteiger partial charge on any atom is -0.385 e. The molecule has 2 N–H and O–H groups in total. The first-order valence-corrected chi connectivity index (χ1v) is 6.01. The predicted molar refractivity (Wildman–Crippen MR) is 72.8 cm³/mol. The van der Waals surface area contributed by atoms with Crippen molar-refractivity contribution in [3.63, 3.8) is 0 Å². The molecule has 0 aliphatic carbocycles. The third-order valence-corrected chi connectivity index (χ3v) is 2.44. The second-order valence-corrected chi connectivity index (χ2v) is 4.21. The third kappa shape index (κ3) is 5.45. The number of ether oxygens (including phenoxy) is 1. The van der Waals surface area contributed by atoms with Crippen molar-refractivity contribution in [1.29, 1.82) is 0 Å². The van der Waals surface area contributed by atoms with Crippen molar-refractivity contribution in [2.45, 2.75) is 6.42 Å². The second kappa shape index (κ2) is 7.60. The molecule has 1 aromatic heterocycles. The van der Waals surface area contributed by atoms with Crippen LogP contribution >= 0.6 is 35.4 Å². The van der Waals surface area contributed by atoms with Crippen LogP contribution in [0.15, 0.2) is 6.20 Å². The van der Waals surface area contributed by atoms with Crippen molar-refractivity contribution in [3.8, 4) is 0 Å². The fourth-order valence-corrected chi connectivity index (χ4v) is 1.56. The van der Waals surface area contributed by atoms with Crippen molar-refractivity contribution in [1.82, 2.24) is 15.3 Å². The van der Waals surface area contributed by atoms with Crippen LogP contribution in [0.1, 0.15) is 6.42 Å². The number of nitrogens with one attached hydrogen (secondary N) is 2. The van der Waals surface area contributed by atoms with Crippen LogP contribution in [-0.4, -0.2) is 35.3 Å². The Morgan fingerprint density at radius 3 is 2.94 bits per heavy atom. The van der Waals surface area contributed by atoms with Gasteiger partial charge in [-0.15, -0.1) is 0 Å². The second-order valence-electron chi connectivity index (χ2n) is 3.06. The van der Waals surface area contributed by atoms with Crippen LogP contribution in [0.3, 0.4) is 0 Å². The number of hydrogen-bond donors (Lipinski definition) is 2. The molecule has 8 heteroatoms. The number of thiocarbonyl (C=S) groups is 1. The van der Waals surface area contributed by atoms with E-state index in [2.05, 4.69) is 20.6 Å². The van der Waals surface area contributed by atoms with E-state index in [1.54, 1.807) is 7.11 Å². The van der Waals surface area contributed by atoms with Gasteiger partial charge in [-0.25, -0.2) is 9.97 Å². The molecule has 0 saturated carbocycles. The fraction of sp³-hybridized carbons (Fsp3) is 0.444. The Morgan fingerprint density at radius 2 is 2.29 bits per heavy atom. The highest BCUT2D eigenvalue weighted by Gasteiger charge is 2.05. The van der Waals surface area contributed by atoms with Gasteiger partial charge in [-0.3, -0.25) is 0 Å². The van der Waals surface area contributed by atoms with Crippen molar-refractivity contribution >= 4 is 46.4 Å². The zero-order chi connectivity index (χ0) is 12.7. The highest BCUT2D eigenvalue weighted by molar-refractivity contribution is 7.80. The molecule has 1 heterocycles. The molecular weight excluding hydrogens is 283 g/mol. The van der Waals surface area contributed by atoms with Crippen LogP contribution in [0.2, 0.25) is 10.3 Å². The smallest absolute Gasteiger partial charge is 0.173 e. The van der Waals surface area contributed by atoms with Gasteiger partial charge in [0.05, 0.1) is 6.20 Å². The van der Waals surface area contributed by atoms with Gasteiger partial charge in [0.2, 0.25) is 0 Å². The van der Waals surface area contributed by atoms with E-state index in [-0.39, 0.29) is 10.3 Å². The number of methoxy groups -OCH3 is 1. The first kappa shape index (κ1) is 14.4. The number of hydrogen-bond acceptors (Lipinski definition) is 4. The molecule has 1 rings (SSSR count). The fourth-order valence-electron chi connectivity index (χ4n) is 1.00. The minimum atomic E-state index is 0.179. The lowest BCUT2D eigenvalue weighted by Gasteiger charge is -2.10. The van der Waals surface area contributed by atoms with Gasteiger partial charge in [0, 0.05) is 20.3 Å². The van der Waals surface area contributed by atoms with Crippen LogP contribution in [0.4, 0.5) is 5.82 Å². The van der Waals surface area contributed by atoms with E-state index in [9.17, 15) is 0 Å². The molecule has 1 aromatic rings. The molecule has 0 aliphatic heterocycles. The highest BCUT2D eigenvalue weighted by Crippen LogP contribution is 2.17. The molecule has 0 saturated heterocycles. The molecule has 0 aliphatic rings. The Balaban J connectivity index is 2.40. The molecule has 0 aromatic carbocycles. The van der Waals surface area contributed by atoms with Crippen LogP contribution in [0.25, 0.3) is 0 Å². The summed E-state index contributed by atoms with van der Waals surface area (Å²) in [6.45, 7) is 1.38. The maximum atomic E-state index is 5.83. The molecule has 5 nitrogen and oxygen atoms in total. The summed E-state index contributed by atoms with van der Waals surface area (Å²) in [5.74, 6) is 0.375. The summed E-state index contributed by atoms with van der Waals surface area (Å²) < 4.78 is 4.91. The van der Waals surface area contributed by atoms with E-state index in [1.807, 2.05) is 0 Å². The van der Waals surface area contributed by atoms with Gasteiger partial charge in [0.15, 0.2) is 16.1 Å². The Hall–Kier alpha value is -0.690. The van der Waals surface area contributed by atoms with Crippen molar-refractivity contribution in [3.05, 3.63) is 16.5 Å². The maximum absolute atomic E-state index is 5.83. The van der Waals surface area contributed by atoms with Crippen molar-refractivity contribution < 1.29 is 4.74 Å². The lowest BCUT2D eigenvalue weighted by atomic mass is 10.4. The van der Waals surface area contributed by atoms with E-state index < -0.39 is 0 Å². The topological polar surface area (TPSA) is 59.1 Å². The van der Waals surface area contributed by atoms with E-state index in [4.69, 9.17) is 40.2 Å². The first-order valence-electron chi connectivity index (χ1n) is 4.85. The predicted octanol–water partition coefficient (Wildman–Crippen LogP) is 2.11. The SMILES string of the molecule is COCCCNC(=S)Nc1ncc(Cl)nc1Cl. The van der Waals surface area contributed by atoms with E-state index in [1.165, 1.54) is 6.20 Å². The maximum Gasteiger partial charge on any atom is 0.173 e. The summed E-state index contributed by atoms with van der Waals surface area (Å²) in [4.78, 5) is 7.81. The molecule has 0 radical (unpaired) electrons. The van der Waals surface area contributed by atoms with Gasteiger partial charge in [-0.1, -0.05) is 23.2 Å². The Bertz CT molecular complexity index is 391. The van der Waals surface area contributed by atoms with Gasteiger partial charge >= 0.3 is 0 Å². The standard InChI is InChI=1S/C9H12Cl2N4OS/c1-16-4-2-3-12-9(17)15-8-7(11)14-6(10)5-13-8/h5H,2-4H2,1H3,(H2,12,13,15,17). The molecule has 0 bridgehead atoms. The van der Waals surface area contributed by atoms with E-state index in [0.717, 1.165) is 6.42 Å². The lowest BCUT2D eigenvalue weighted by Crippen LogP contribution is -2.30. The normalized spacial score (nSPS) is 10.1. The average Bonchev–Trinajstić information content (AvgIpc) is 2.28. The zero-order valence-electron chi connectivity index (χ0n) is 9.17. The van der Waals surface area contributed by atoms with Gasteiger partial charge in [-0.05, 0) is 18.6 Å². The lowest BCUT2D eigenvalue weighted by molar-refractivity contribution is 0.196. The number of halogens is 2. The molecule has 0 atom stereocenters. The van der Waals surface area contributed by atoms with Gasteiger partial charge in [0.1, 0.15) is 5.15 Å². The number of rotatable bonds is 5. The molecule has 94 valence electrons. The highest BCUT2D eigenvalue weighted by atomic mass is 35.5. The van der Waals surface area contributed by atoms with Crippen LogP contribution in [0, 0.1) is 0 Å². The number of anilines is 1. The minimum absolute atomic E-state index is 0.179. The summed E-state index contributed by atoms with van der Waals surface area (Å²) in [7, 11) is 1.65. The average molecular weight is 295 g/mol. The first-order chi connectivity index (χ1) is 8.13. The van der Waals surface area contributed by atoms with Gasteiger partial charge in [-0.2, -0.15) is 0 Å². The zero-order valence-corrected chi connectivity index (χ0v) is 11.5. The van der Waals surface area contributed by atoms with Crippen LogP contribution in [0.5, 0.6) is 0 Å². The summed E-state index contributed by atoms with van der Waals surface area (Å²) in [6, 6.07) is 0. The van der Waals surface area contributed by atoms with Crippen LogP contribution in [-0.2, 0) is 4.74 Å². The largest absolute Gasteiger partial charge is 0.385 e. The van der Waals surface area contributed by atoms with Gasteiger partial charge < -0.3 is 15.4 Å². The number of aromatic nitrogens is 2. The summed E-state index contributed by atoms with van der Waals surface area (Å²) >= 11 is 16.5. The summed E-state index contributed by atoms with van der Waals surface area (Å²) in [5.41, 5.74) is 0. The van der Waals surface area contributed by atoms with Crippen molar-refractivity contribution in [2.24, 2.45) is 0 Å². The quantitative estimate of drug-likeness (QED) is 0.641. The Kier molecular flexibility index (Phi) is 6.43. The van der Waals surface area contributed by atoms with E-state index in [0.29, 0.717) is 24.1 Å². The molecule has 0 unspecified atom stereocenters. The monoisotopic (exact) mass is 294 g/mol. The molecule has 0 fully saturated rings. The molecule has 0 amide bonds. The molecular formula is C9H12Cl2N4OS.